The van der Waals surface area contributed by atoms with E-state index in [0.717, 1.165) is 35.9 Å². The molecule has 0 amide bonds. The van der Waals surface area contributed by atoms with Gasteiger partial charge in [-0.15, -0.1) is 10.2 Å². The molecule has 100 valence electrons. The summed E-state index contributed by atoms with van der Waals surface area (Å²) < 4.78 is 7.65. The maximum atomic E-state index is 6.01. The van der Waals surface area contributed by atoms with Crippen LogP contribution in [0.4, 0.5) is 5.69 Å². The zero-order valence-electron chi connectivity index (χ0n) is 11.1. The second-order valence-corrected chi connectivity index (χ2v) is 4.73. The summed E-state index contributed by atoms with van der Waals surface area (Å²) in [6, 6.07) is 5.81. The molecule has 2 aromatic rings. The van der Waals surface area contributed by atoms with Crippen LogP contribution in [0.1, 0.15) is 25.6 Å². The molecule has 2 N–H and O–H groups in total. The minimum atomic E-state index is 0.615. The molecule has 0 spiro atoms. The first-order valence-electron chi connectivity index (χ1n) is 6.74. The highest BCUT2D eigenvalue weighted by molar-refractivity contribution is 5.66. The molecular weight excluding hydrogens is 240 g/mol. The van der Waals surface area contributed by atoms with Crippen LogP contribution in [0.15, 0.2) is 18.2 Å². The topological polar surface area (TPSA) is 66.0 Å². The second kappa shape index (κ2) is 4.91. The SMILES string of the molecule is CCOc1ccc(-c2nnc3n2CCCC3)cc1N. The van der Waals surface area contributed by atoms with E-state index in [2.05, 4.69) is 14.8 Å². The molecule has 2 heterocycles. The summed E-state index contributed by atoms with van der Waals surface area (Å²) in [6.07, 6.45) is 3.40. The molecule has 0 saturated carbocycles. The van der Waals surface area contributed by atoms with Gasteiger partial charge in [-0.2, -0.15) is 0 Å². The van der Waals surface area contributed by atoms with Gasteiger partial charge in [-0.1, -0.05) is 0 Å². The van der Waals surface area contributed by atoms with E-state index in [-0.39, 0.29) is 0 Å². The second-order valence-electron chi connectivity index (χ2n) is 4.73. The summed E-state index contributed by atoms with van der Waals surface area (Å²) in [5, 5.41) is 8.56. The fourth-order valence-electron chi connectivity index (χ4n) is 2.50. The highest BCUT2D eigenvalue weighted by atomic mass is 16.5. The Morgan fingerprint density at radius 3 is 3.00 bits per heavy atom. The zero-order valence-corrected chi connectivity index (χ0v) is 11.1. The molecule has 5 heteroatoms. The largest absolute Gasteiger partial charge is 0.492 e. The lowest BCUT2D eigenvalue weighted by Crippen LogP contribution is -2.11. The summed E-state index contributed by atoms with van der Waals surface area (Å²) in [7, 11) is 0. The zero-order chi connectivity index (χ0) is 13.2. The maximum absolute atomic E-state index is 6.01. The normalized spacial score (nSPS) is 14.2. The van der Waals surface area contributed by atoms with Crippen molar-refractivity contribution < 1.29 is 4.74 Å². The summed E-state index contributed by atoms with van der Waals surface area (Å²) in [4.78, 5) is 0. The van der Waals surface area contributed by atoms with Crippen LogP contribution in [0.2, 0.25) is 0 Å². The van der Waals surface area contributed by atoms with Crippen molar-refractivity contribution in [3.63, 3.8) is 0 Å². The Labute approximate surface area is 112 Å². The lowest BCUT2D eigenvalue weighted by molar-refractivity contribution is 0.342. The van der Waals surface area contributed by atoms with Crippen molar-refractivity contribution in [2.24, 2.45) is 0 Å². The fourth-order valence-corrected chi connectivity index (χ4v) is 2.50. The molecule has 19 heavy (non-hydrogen) atoms. The van der Waals surface area contributed by atoms with E-state index in [1.165, 1.54) is 12.8 Å². The van der Waals surface area contributed by atoms with Crippen LogP contribution < -0.4 is 10.5 Å². The van der Waals surface area contributed by atoms with Gasteiger partial charge in [0.2, 0.25) is 0 Å². The van der Waals surface area contributed by atoms with Gasteiger partial charge in [-0.05, 0) is 38.0 Å². The molecule has 0 unspecified atom stereocenters. The summed E-state index contributed by atoms with van der Waals surface area (Å²) in [6.45, 7) is 3.55. The molecule has 1 aliphatic heterocycles. The van der Waals surface area contributed by atoms with Crippen molar-refractivity contribution in [3.8, 4) is 17.1 Å². The summed E-state index contributed by atoms with van der Waals surface area (Å²) in [5.41, 5.74) is 7.65. The summed E-state index contributed by atoms with van der Waals surface area (Å²) in [5.74, 6) is 2.71. The molecule has 0 bridgehead atoms. The first-order valence-corrected chi connectivity index (χ1v) is 6.74. The molecule has 1 aliphatic rings. The van der Waals surface area contributed by atoms with Crippen molar-refractivity contribution >= 4 is 5.69 Å². The van der Waals surface area contributed by atoms with Crippen molar-refractivity contribution in [3.05, 3.63) is 24.0 Å². The van der Waals surface area contributed by atoms with Gasteiger partial charge >= 0.3 is 0 Å². The van der Waals surface area contributed by atoms with E-state index in [1.54, 1.807) is 0 Å². The molecule has 0 radical (unpaired) electrons. The van der Waals surface area contributed by atoms with Gasteiger partial charge < -0.3 is 15.0 Å². The van der Waals surface area contributed by atoms with Gasteiger partial charge in [-0.25, -0.2) is 0 Å². The number of nitrogen functional groups attached to an aromatic ring is 1. The molecule has 0 fully saturated rings. The monoisotopic (exact) mass is 258 g/mol. The third-order valence-electron chi connectivity index (χ3n) is 3.43. The molecule has 0 saturated heterocycles. The number of benzene rings is 1. The van der Waals surface area contributed by atoms with Gasteiger partial charge in [0.05, 0.1) is 12.3 Å². The smallest absolute Gasteiger partial charge is 0.164 e. The number of hydrogen-bond donors (Lipinski definition) is 1. The van der Waals surface area contributed by atoms with Gasteiger partial charge in [0.15, 0.2) is 5.82 Å². The highest BCUT2D eigenvalue weighted by Crippen LogP contribution is 2.29. The van der Waals surface area contributed by atoms with E-state index in [9.17, 15) is 0 Å². The number of ether oxygens (including phenoxy) is 1. The predicted octanol–water partition coefficient (Wildman–Crippen LogP) is 2.26. The molecule has 1 aromatic carbocycles. The van der Waals surface area contributed by atoms with E-state index in [0.29, 0.717) is 12.3 Å². The average Bonchev–Trinajstić information content (AvgIpc) is 2.85. The number of nitrogens with zero attached hydrogens (tertiary/aromatic N) is 3. The number of rotatable bonds is 3. The third-order valence-corrected chi connectivity index (χ3v) is 3.43. The predicted molar refractivity (Wildman–Crippen MR) is 74.0 cm³/mol. The molecule has 1 aromatic heterocycles. The van der Waals surface area contributed by atoms with Crippen LogP contribution in [-0.4, -0.2) is 21.4 Å². The third kappa shape index (κ3) is 2.16. The minimum Gasteiger partial charge on any atom is -0.492 e. The highest BCUT2D eigenvalue weighted by Gasteiger charge is 2.17. The van der Waals surface area contributed by atoms with Gasteiger partial charge in [-0.3, -0.25) is 0 Å². The number of nitrogens with two attached hydrogens (primary N) is 1. The number of anilines is 1. The Morgan fingerprint density at radius 2 is 2.21 bits per heavy atom. The van der Waals surface area contributed by atoms with Crippen molar-refractivity contribution in [1.82, 2.24) is 14.8 Å². The van der Waals surface area contributed by atoms with Gasteiger partial charge in [0.25, 0.3) is 0 Å². The van der Waals surface area contributed by atoms with E-state index in [4.69, 9.17) is 10.5 Å². The van der Waals surface area contributed by atoms with Crippen LogP contribution in [-0.2, 0) is 13.0 Å². The van der Waals surface area contributed by atoms with Crippen molar-refractivity contribution in [2.45, 2.75) is 32.7 Å². The molecule has 5 nitrogen and oxygen atoms in total. The Kier molecular flexibility index (Phi) is 3.11. The van der Waals surface area contributed by atoms with Gasteiger partial charge in [0.1, 0.15) is 11.6 Å². The molecular formula is C14H18N4O. The lowest BCUT2D eigenvalue weighted by atomic mass is 10.1. The van der Waals surface area contributed by atoms with Crippen LogP contribution in [0.25, 0.3) is 11.4 Å². The average molecular weight is 258 g/mol. The van der Waals surface area contributed by atoms with Gasteiger partial charge in [0, 0.05) is 18.5 Å². The van der Waals surface area contributed by atoms with Crippen molar-refractivity contribution in [2.75, 3.05) is 12.3 Å². The molecule has 0 aliphatic carbocycles. The maximum Gasteiger partial charge on any atom is 0.164 e. The number of hydrogen-bond acceptors (Lipinski definition) is 4. The Balaban J connectivity index is 1.98. The number of aromatic nitrogens is 3. The van der Waals surface area contributed by atoms with Crippen molar-refractivity contribution in [1.29, 1.82) is 0 Å². The van der Waals surface area contributed by atoms with Crippen LogP contribution in [0.5, 0.6) is 5.75 Å². The van der Waals surface area contributed by atoms with Crippen LogP contribution in [0.3, 0.4) is 0 Å². The quantitative estimate of drug-likeness (QED) is 0.858. The number of fused-ring (bicyclic) bond motifs is 1. The Hall–Kier alpha value is -2.04. The fraction of sp³-hybridized carbons (Fsp3) is 0.429. The van der Waals surface area contributed by atoms with E-state index < -0.39 is 0 Å². The van der Waals surface area contributed by atoms with E-state index >= 15 is 0 Å². The first kappa shape index (κ1) is 12.0. The number of aryl methyl sites for hydroxylation is 1. The standard InChI is InChI=1S/C14H18N4O/c1-2-19-12-7-6-10(9-11(12)15)14-17-16-13-5-3-4-8-18(13)14/h6-7,9H,2-5,8,15H2,1H3. The first-order chi connectivity index (χ1) is 9.29. The Morgan fingerprint density at radius 1 is 1.32 bits per heavy atom. The minimum absolute atomic E-state index is 0.615. The molecule has 0 atom stereocenters. The van der Waals surface area contributed by atoms with Crippen LogP contribution >= 0.6 is 0 Å². The van der Waals surface area contributed by atoms with E-state index in [1.807, 2.05) is 25.1 Å². The van der Waals surface area contributed by atoms with Crippen LogP contribution in [0, 0.1) is 0 Å². The summed E-state index contributed by atoms with van der Waals surface area (Å²) >= 11 is 0. The Bertz CT molecular complexity index is 591. The lowest BCUT2D eigenvalue weighted by Gasteiger charge is -2.15. The molecule has 3 rings (SSSR count).